The van der Waals surface area contributed by atoms with Crippen LogP contribution in [-0.2, 0) is 0 Å². The highest BCUT2D eigenvalue weighted by molar-refractivity contribution is 9.10. The van der Waals surface area contributed by atoms with Crippen molar-refractivity contribution < 1.29 is 0 Å². The summed E-state index contributed by atoms with van der Waals surface area (Å²) < 4.78 is 1.11. The Kier molecular flexibility index (Phi) is 4.90. The number of hydrogen-bond acceptors (Lipinski definition) is 3. The molecule has 0 spiro atoms. The van der Waals surface area contributed by atoms with E-state index in [1.165, 1.54) is 14.6 Å². The molecule has 0 amide bonds. The number of thiophene rings is 1. The lowest BCUT2D eigenvalue weighted by atomic mass is 10.2. The van der Waals surface area contributed by atoms with Crippen molar-refractivity contribution in [3.63, 3.8) is 0 Å². The average Bonchev–Trinajstić information content (AvgIpc) is 2.74. The van der Waals surface area contributed by atoms with Gasteiger partial charge in [-0.3, -0.25) is 0 Å². The number of nitrogens with two attached hydrogens (primary N) is 1. The second kappa shape index (κ2) is 6.24. The highest BCUT2D eigenvalue weighted by Crippen LogP contribution is 2.40. The van der Waals surface area contributed by atoms with Crippen molar-refractivity contribution >= 4 is 39.0 Å². The fraction of sp³-hybridized carbons (Fsp3) is 0.286. The van der Waals surface area contributed by atoms with Crippen LogP contribution in [0.3, 0.4) is 0 Å². The van der Waals surface area contributed by atoms with Crippen molar-refractivity contribution in [1.82, 2.24) is 0 Å². The summed E-state index contributed by atoms with van der Waals surface area (Å²) in [5, 5.41) is 0.324. The highest BCUT2D eigenvalue weighted by Gasteiger charge is 2.19. The molecule has 4 heteroatoms. The molecule has 18 heavy (non-hydrogen) atoms. The van der Waals surface area contributed by atoms with Crippen LogP contribution in [0.2, 0.25) is 0 Å². The zero-order valence-corrected chi connectivity index (χ0v) is 13.6. The molecule has 0 aliphatic heterocycles. The van der Waals surface area contributed by atoms with E-state index in [0.717, 1.165) is 4.47 Å². The SMILES string of the molecule is Cc1ccc(C(Sc2ccc(Br)cc2)C(C)N)s1. The van der Waals surface area contributed by atoms with E-state index in [-0.39, 0.29) is 6.04 Å². The van der Waals surface area contributed by atoms with Crippen molar-refractivity contribution in [3.05, 3.63) is 50.6 Å². The Balaban J connectivity index is 2.19. The summed E-state index contributed by atoms with van der Waals surface area (Å²) in [6, 6.07) is 12.9. The van der Waals surface area contributed by atoms with Gasteiger partial charge in [0.15, 0.2) is 0 Å². The summed E-state index contributed by atoms with van der Waals surface area (Å²) in [4.78, 5) is 3.95. The van der Waals surface area contributed by atoms with Gasteiger partial charge in [0.1, 0.15) is 0 Å². The molecule has 0 saturated heterocycles. The molecule has 0 saturated carbocycles. The fourth-order valence-electron chi connectivity index (χ4n) is 1.69. The molecule has 2 N–H and O–H groups in total. The van der Waals surface area contributed by atoms with Gasteiger partial charge in [-0.25, -0.2) is 0 Å². The molecule has 2 aromatic rings. The quantitative estimate of drug-likeness (QED) is 0.792. The van der Waals surface area contributed by atoms with Gasteiger partial charge >= 0.3 is 0 Å². The van der Waals surface area contributed by atoms with Crippen LogP contribution in [0.15, 0.2) is 45.8 Å². The van der Waals surface area contributed by atoms with Crippen LogP contribution in [-0.4, -0.2) is 6.04 Å². The molecule has 1 aromatic carbocycles. The van der Waals surface area contributed by atoms with Gasteiger partial charge in [0.2, 0.25) is 0 Å². The molecule has 96 valence electrons. The molecule has 2 unspecified atom stereocenters. The number of aryl methyl sites for hydroxylation is 1. The Bertz CT molecular complexity index is 505. The number of thioether (sulfide) groups is 1. The van der Waals surface area contributed by atoms with Gasteiger partial charge in [-0.2, -0.15) is 0 Å². The topological polar surface area (TPSA) is 26.0 Å². The van der Waals surface area contributed by atoms with Crippen LogP contribution in [0.25, 0.3) is 0 Å². The maximum atomic E-state index is 6.13. The molecule has 1 heterocycles. The fourth-order valence-corrected chi connectivity index (χ4v) is 4.21. The summed E-state index contributed by atoms with van der Waals surface area (Å²) in [6.07, 6.45) is 0. The van der Waals surface area contributed by atoms with Gasteiger partial charge in [-0.1, -0.05) is 15.9 Å². The van der Waals surface area contributed by atoms with Gasteiger partial charge in [0.25, 0.3) is 0 Å². The zero-order valence-electron chi connectivity index (χ0n) is 10.4. The van der Waals surface area contributed by atoms with Gasteiger partial charge in [0.05, 0.1) is 5.25 Å². The lowest BCUT2D eigenvalue weighted by Crippen LogP contribution is -2.21. The lowest BCUT2D eigenvalue weighted by molar-refractivity contribution is 0.730. The molecule has 0 aliphatic rings. The molecule has 1 aromatic heterocycles. The van der Waals surface area contributed by atoms with E-state index in [0.29, 0.717) is 5.25 Å². The summed E-state index contributed by atoms with van der Waals surface area (Å²) in [5.74, 6) is 0. The Morgan fingerprint density at radius 3 is 2.33 bits per heavy atom. The van der Waals surface area contributed by atoms with Crippen LogP contribution >= 0.6 is 39.0 Å². The smallest absolute Gasteiger partial charge is 0.0586 e. The van der Waals surface area contributed by atoms with Crippen molar-refractivity contribution in [3.8, 4) is 0 Å². The minimum atomic E-state index is 0.136. The predicted octanol–water partition coefficient (Wildman–Crippen LogP) is 5.00. The van der Waals surface area contributed by atoms with Gasteiger partial charge in [-0.15, -0.1) is 23.1 Å². The Morgan fingerprint density at radius 1 is 1.17 bits per heavy atom. The van der Waals surface area contributed by atoms with E-state index in [1.54, 1.807) is 0 Å². The van der Waals surface area contributed by atoms with E-state index in [1.807, 2.05) is 23.1 Å². The second-order valence-corrected chi connectivity index (χ2v) is 7.75. The van der Waals surface area contributed by atoms with Gasteiger partial charge < -0.3 is 5.73 Å². The first-order valence-electron chi connectivity index (χ1n) is 5.80. The normalized spacial score (nSPS) is 14.4. The molecule has 2 atom stereocenters. The highest BCUT2D eigenvalue weighted by atomic mass is 79.9. The summed E-state index contributed by atoms with van der Waals surface area (Å²) >= 11 is 7.13. The first-order chi connectivity index (χ1) is 8.56. The Labute approximate surface area is 125 Å². The largest absolute Gasteiger partial charge is 0.327 e. The molecule has 0 aliphatic carbocycles. The third-order valence-corrected chi connectivity index (χ3v) is 5.84. The number of rotatable bonds is 4. The van der Waals surface area contributed by atoms with Crippen molar-refractivity contribution in [2.75, 3.05) is 0 Å². The lowest BCUT2D eigenvalue weighted by Gasteiger charge is -2.19. The van der Waals surface area contributed by atoms with Gasteiger partial charge in [-0.05, 0) is 50.2 Å². The summed E-state index contributed by atoms with van der Waals surface area (Å²) in [6.45, 7) is 4.21. The van der Waals surface area contributed by atoms with E-state index in [9.17, 15) is 0 Å². The van der Waals surface area contributed by atoms with Crippen LogP contribution in [0.5, 0.6) is 0 Å². The van der Waals surface area contributed by atoms with Crippen molar-refractivity contribution in [2.45, 2.75) is 30.0 Å². The van der Waals surface area contributed by atoms with E-state index < -0.39 is 0 Å². The molecule has 1 nitrogen and oxygen atoms in total. The second-order valence-electron chi connectivity index (χ2n) is 4.30. The van der Waals surface area contributed by atoms with E-state index in [2.05, 4.69) is 66.2 Å². The van der Waals surface area contributed by atoms with E-state index >= 15 is 0 Å². The van der Waals surface area contributed by atoms with Crippen LogP contribution < -0.4 is 5.73 Å². The summed E-state index contributed by atoms with van der Waals surface area (Å²) in [7, 11) is 0. The molecule has 0 fully saturated rings. The third kappa shape index (κ3) is 3.60. The monoisotopic (exact) mass is 341 g/mol. The number of benzene rings is 1. The van der Waals surface area contributed by atoms with E-state index in [4.69, 9.17) is 5.73 Å². The average molecular weight is 342 g/mol. The molecule has 0 bridgehead atoms. The van der Waals surface area contributed by atoms with Crippen LogP contribution in [0.1, 0.15) is 21.9 Å². The maximum absolute atomic E-state index is 6.13. The Morgan fingerprint density at radius 2 is 1.83 bits per heavy atom. The number of hydrogen-bond donors (Lipinski definition) is 1. The Hall–Kier alpha value is -0.290. The van der Waals surface area contributed by atoms with Crippen LogP contribution in [0.4, 0.5) is 0 Å². The minimum absolute atomic E-state index is 0.136. The van der Waals surface area contributed by atoms with Crippen LogP contribution in [0, 0.1) is 6.92 Å². The standard InChI is InChI=1S/C14H16BrNS2/c1-9-3-8-13(17-9)14(10(2)16)18-12-6-4-11(15)5-7-12/h3-8,10,14H,16H2,1-2H3. The number of halogens is 1. The first-order valence-corrected chi connectivity index (χ1v) is 8.29. The maximum Gasteiger partial charge on any atom is 0.0586 e. The molecule has 2 rings (SSSR count). The third-order valence-electron chi connectivity index (χ3n) is 2.60. The van der Waals surface area contributed by atoms with Crippen molar-refractivity contribution in [1.29, 1.82) is 0 Å². The molecule has 0 radical (unpaired) electrons. The van der Waals surface area contributed by atoms with Gasteiger partial charge in [0, 0.05) is 25.2 Å². The molecular weight excluding hydrogens is 326 g/mol. The predicted molar refractivity (Wildman–Crippen MR) is 85.4 cm³/mol. The molecular formula is C14H16BrNS2. The zero-order chi connectivity index (χ0) is 13.1. The summed E-state index contributed by atoms with van der Waals surface area (Å²) in [5.41, 5.74) is 6.13. The first kappa shape index (κ1) is 14.1. The van der Waals surface area contributed by atoms with Crippen molar-refractivity contribution in [2.24, 2.45) is 5.73 Å². The minimum Gasteiger partial charge on any atom is -0.327 e.